The van der Waals surface area contributed by atoms with Crippen LogP contribution in [0.3, 0.4) is 0 Å². The monoisotopic (exact) mass is 471 g/mol. The summed E-state index contributed by atoms with van der Waals surface area (Å²) in [4.78, 5) is 15.4. The zero-order chi connectivity index (χ0) is 24.0. The van der Waals surface area contributed by atoms with Crippen LogP contribution < -0.4 is 5.32 Å². The summed E-state index contributed by atoms with van der Waals surface area (Å²) < 4.78 is 27.6. The van der Waals surface area contributed by atoms with Crippen molar-refractivity contribution in [2.24, 2.45) is 5.92 Å². The molecule has 0 bridgehead atoms. The number of nitrogens with one attached hydrogen (secondary N) is 1. The summed E-state index contributed by atoms with van der Waals surface area (Å²) in [6.07, 6.45) is 1.08. The minimum atomic E-state index is -3.53. The van der Waals surface area contributed by atoms with E-state index in [2.05, 4.69) is 48.3 Å². The number of carbonyl (C=O) groups is 1. The molecule has 0 aliphatic carbocycles. The van der Waals surface area contributed by atoms with Crippen molar-refractivity contribution in [1.29, 1.82) is 0 Å². The third kappa shape index (κ3) is 6.43. The van der Waals surface area contributed by atoms with Gasteiger partial charge in [0, 0.05) is 32.1 Å². The van der Waals surface area contributed by atoms with E-state index in [1.165, 1.54) is 9.87 Å². The number of carbonyl (C=O) groups excluding carboxylic acids is 1. The van der Waals surface area contributed by atoms with Crippen molar-refractivity contribution in [3.8, 4) is 0 Å². The molecular weight excluding hydrogens is 434 g/mol. The number of rotatable bonds is 9. The lowest BCUT2D eigenvalue weighted by Crippen LogP contribution is -2.43. The number of amides is 1. The Morgan fingerprint density at radius 3 is 2.18 bits per heavy atom. The summed E-state index contributed by atoms with van der Waals surface area (Å²) in [7, 11) is -3.53. The topological polar surface area (TPSA) is 69.7 Å². The van der Waals surface area contributed by atoms with Crippen molar-refractivity contribution >= 4 is 15.9 Å². The lowest BCUT2D eigenvalue weighted by molar-refractivity contribution is -0.126. The van der Waals surface area contributed by atoms with Gasteiger partial charge in [0.1, 0.15) is 0 Å². The average molecular weight is 472 g/mol. The number of nitrogens with zero attached hydrogens (tertiary/aromatic N) is 2. The molecule has 0 aromatic heterocycles. The fourth-order valence-electron chi connectivity index (χ4n) is 4.39. The Morgan fingerprint density at radius 2 is 1.61 bits per heavy atom. The number of sulfonamides is 1. The quantitative estimate of drug-likeness (QED) is 0.603. The van der Waals surface area contributed by atoms with Crippen molar-refractivity contribution in [3.05, 3.63) is 64.7 Å². The number of hydrogen-bond acceptors (Lipinski definition) is 4. The smallest absolute Gasteiger partial charge is 0.243 e. The second kappa shape index (κ2) is 11.3. The van der Waals surface area contributed by atoms with Crippen LogP contribution in [0.5, 0.6) is 0 Å². The van der Waals surface area contributed by atoms with E-state index >= 15 is 0 Å². The Labute approximate surface area is 199 Å². The van der Waals surface area contributed by atoms with Gasteiger partial charge in [-0.15, -0.1) is 0 Å². The van der Waals surface area contributed by atoms with Crippen LogP contribution in [0, 0.1) is 19.8 Å². The van der Waals surface area contributed by atoms with Crippen molar-refractivity contribution in [3.63, 3.8) is 0 Å². The predicted octanol–water partition coefficient (Wildman–Crippen LogP) is 3.86. The van der Waals surface area contributed by atoms with Crippen LogP contribution in [0.4, 0.5) is 0 Å². The van der Waals surface area contributed by atoms with E-state index in [1.54, 1.807) is 6.07 Å². The Kier molecular flexibility index (Phi) is 8.68. The van der Waals surface area contributed by atoms with E-state index in [9.17, 15) is 13.2 Å². The van der Waals surface area contributed by atoms with Crippen LogP contribution in [-0.2, 0) is 27.9 Å². The van der Waals surface area contributed by atoms with E-state index in [1.807, 2.05) is 26.0 Å². The van der Waals surface area contributed by atoms with Gasteiger partial charge in [-0.25, -0.2) is 8.42 Å². The predicted molar refractivity (Wildman–Crippen MR) is 132 cm³/mol. The molecule has 180 valence electrons. The summed E-state index contributed by atoms with van der Waals surface area (Å²) in [5, 5.41) is 3.03. The Morgan fingerprint density at radius 1 is 1.00 bits per heavy atom. The zero-order valence-electron chi connectivity index (χ0n) is 20.3. The molecule has 3 rings (SSSR count). The summed E-state index contributed by atoms with van der Waals surface area (Å²) >= 11 is 0. The summed E-state index contributed by atoms with van der Waals surface area (Å²) in [6.45, 7) is 12.3. The highest BCUT2D eigenvalue weighted by Gasteiger charge is 2.32. The van der Waals surface area contributed by atoms with Crippen LogP contribution in [0.2, 0.25) is 0 Å². The molecule has 7 heteroatoms. The molecule has 1 aliphatic rings. The third-order valence-electron chi connectivity index (χ3n) is 6.56. The molecule has 1 saturated heterocycles. The SMILES string of the molecule is CCN(CC)Cc1ccc(CNC(=O)C2CCN(S(=O)(=O)c3ccc(C)cc3C)CC2)cc1. The van der Waals surface area contributed by atoms with Crippen LogP contribution >= 0.6 is 0 Å². The number of hydrogen-bond donors (Lipinski definition) is 1. The van der Waals surface area contributed by atoms with Crippen LogP contribution in [0.25, 0.3) is 0 Å². The van der Waals surface area contributed by atoms with E-state index in [0.29, 0.717) is 37.4 Å². The Hall–Kier alpha value is -2.22. The molecule has 0 spiro atoms. The molecule has 2 aromatic rings. The molecule has 6 nitrogen and oxygen atoms in total. The third-order valence-corrected chi connectivity index (χ3v) is 8.62. The number of piperidine rings is 1. The van der Waals surface area contributed by atoms with Crippen LogP contribution in [0.15, 0.2) is 47.4 Å². The van der Waals surface area contributed by atoms with Crippen LogP contribution in [0.1, 0.15) is 48.9 Å². The van der Waals surface area contributed by atoms with Gasteiger partial charge in [0.25, 0.3) is 0 Å². The van der Waals surface area contributed by atoms with Crippen molar-refractivity contribution in [2.45, 2.75) is 58.5 Å². The maximum absolute atomic E-state index is 13.1. The molecule has 1 amide bonds. The van der Waals surface area contributed by atoms with Gasteiger partial charge in [0.15, 0.2) is 0 Å². The first-order chi connectivity index (χ1) is 15.7. The molecule has 0 unspecified atom stereocenters. The molecule has 1 heterocycles. The van der Waals surface area contributed by atoms with E-state index in [0.717, 1.165) is 36.3 Å². The van der Waals surface area contributed by atoms with Crippen molar-refractivity contribution in [1.82, 2.24) is 14.5 Å². The van der Waals surface area contributed by atoms with Gasteiger partial charge in [-0.2, -0.15) is 4.31 Å². The van der Waals surface area contributed by atoms with Gasteiger partial charge in [-0.05, 0) is 62.5 Å². The molecule has 0 radical (unpaired) electrons. The minimum absolute atomic E-state index is 0.00535. The first-order valence-corrected chi connectivity index (χ1v) is 13.3. The molecule has 33 heavy (non-hydrogen) atoms. The lowest BCUT2D eigenvalue weighted by atomic mass is 9.97. The molecule has 0 saturated carbocycles. The second-order valence-corrected chi connectivity index (χ2v) is 10.8. The Balaban J connectivity index is 1.50. The summed E-state index contributed by atoms with van der Waals surface area (Å²) in [6, 6.07) is 13.8. The second-order valence-electron chi connectivity index (χ2n) is 8.94. The van der Waals surface area contributed by atoms with Crippen molar-refractivity contribution in [2.75, 3.05) is 26.2 Å². The normalized spacial score (nSPS) is 15.7. The molecule has 1 N–H and O–H groups in total. The summed E-state index contributed by atoms with van der Waals surface area (Å²) in [5.74, 6) is -0.150. The Bertz CT molecular complexity index is 1040. The minimum Gasteiger partial charge on any atom is -0.352 e. The highest BCUT2D eigenvalue weighted by molar-refractivity contribution is 7.89. The maximum atomic E-state index is 13.1. The van der Waals surface area contributed by atoms with Crippen molar-refractivity contribution < 1.29 is 13.2 Å². The van der Waals surface area contributed by atoms with Crippen LogP contribution in [-0.4, -0.2) is 49.7 Å². The maximum Gasteiger partial charge on any atom is 0.243 e. The number of benzene rings is 2. The van der Waals surface area contributed by atoms with Gasteiger partial charge in [0.2, 0.25) is 15.9 Å². The van der Waals surface area contributed by atoms with E-state index in [4.69, 9.17) is 0 Å². The highest BCUT2D eigenvalue weighted by Crippen LogP contribution is 2.26. The summed E-state index contributed by atoms with van der Waals surface area (Å²) in [5.41, 5.74) is 4.14. The zero-order valence-corrected chi connectivity index (χ0v) is 21.1. The molecule has 1 aliphatic heterocycles. The first-order valence-electron chi connectivity index (χ1n) is 11.9. The standard InChI is InChI=1S/C26H37N3O3S/c1-5-28(6-2)19-23-10-8-22(9-11-23)18-27-26(30)24-13-15-29(16-14-24)33(31,32)25-12-7-20(3)17-21(25)4/h7-12,17,24H,5-6,13-16,18-19H2,1-4H3,(H,27,30). The lowest BCUT2D eigenvalue weighted by Gasteiger charge is -2.31. The number of aryl methyl sites for hydroxylation is 2. The fraction of sp³-hybridized carbons (Fsp3) is 0.500. The highest BCUT2D eigenvalue weighted by atomic mass is 32.2. The molecule has 0 atom stereocenters. The fourth-order valence-corrected chi connectivity index (χ4v) is 6.06. The average Bonchev–Trinajstić information content (AvgIpc) is 2.81. The van der Waals surface area contributed by atoms with E-state index in [-0.39, 0.29) is 11.8 Å². The molecular formula is C26H37N3O3S. The van der Waals surface area contributed by atoms with Gasteiger partial charge in [-0.3, -0.25) is 9.69 Å². The molecule has 1 fully saturated rings. The van der Waals surface area contributed by atoms with Gasteiger partial charge < -0.3 is 5.32 Å². The van der Waals surface area contributed by atoms with Gasteiger partial charge in [0.05, 0.1) is 4.90 Å². The first kappa shape index (κ1) is 25.4. The van der Waals surface area contributed by atoms with Gasteiger partial charge in [-0.1, -0.05) is 55.8 Å². The van der Waals surface area contributed by atoms with E-state index < -0.39 is 10.0 Å². The van der Waals surface area contributed by atoms with Gasteiger partial charge >= 0.3 is 0 Å². The largest absolute Gasteiger partial charge is 0.352 e. The molecule has 2 aromatic carbocycles.